The van der Waals surface area contributed by atoms with Crippen LogP contribution >= 0.6 is 0 Å². The Morgan fingerprint density at radius 1 is 1.62 bits per heavy atom. The highest BCUT2D eigenvalue weighted by Gasteiger charge is 2.41. The molecule has 3 N–H and O–H groups in total. The van der Waals surface area contributed by atoms with Gasteiger partial charge in [0.1, 0.15) is 11.3 Å². The topological polar surface area (TPSA) is 72.6 Å². The van der Waals surface area contributed by atoms with Crippen LogP contribution in [0.25, 0.3) is 0 Å². The molecule has 0 aromatic heterocycles. The molecule has 0 fully saturated rings. The Bertz CT molecular complexity index is 430. The number of aryl methyl sites for hydroxylation is 1. The molecular formula is C12H15NO3. The summed E-state index contributed by atoms with van der Waals surface area (Å²) in [5, 5.41) is 9.23. The lowest BCUT2D eigenvalue weighted by atomic mass is 9.84. The predicted octanol–water partition coefficient (Wildman–Crippen LogP) is 1.27. The molecule has 16 heavy (non-hydrogen) atoms. The van der Waals surface area contributed by atoms with Crippen molar-refractivity contribution in [3.05, 3.63) is 29.3 Å². The quantitative estimate of drug-likeness (QED) is 0.788. The van der Waals surface area contributed by atoms with Crippen molar-refractivity contribution in [2.75, 3.05) is 6.61 Å². The molecule has 0 saturated carbocycles. The minimum Gasteiger partial charge on any atom is -0.493 e. The zero-order valence-corrected chi connectivity index (χ0v) is 9.19. The predicted molar refractivity (Wildman–Crippen MR) is 59.4 cm³/mol. The third-order valence-electron chi connectivity index (χ3n) is 3.07. The van der Waals surface area contributed by atoms with Gasteiger partial charge in [0.2, 0.25) is 0 Å². The van der Waals surface area contributed by atoms with Crippen LogP contribution in [0.4, 0.5) is 0 Å². The van der Waals surface area contributed by atoms with Gasteiger partial charge in [-0.3, -0.25) is 0 Å². The number of hydrogen-bond donors (Lipinski definition) is 2. The second-order valence-electron chi connectivity index (χ2n) is 4.06. The molecule has 0 bridgehead atoms. The summed E-state index contributed by atoms with van der Waals surface area (Å²) in [5.41, 5.74) is 6.31. The van der Waals surface area contributed by atoms with Gasteiger partial charge in [0.15, 0.2) is 0 Å². The van der Waals surface area contributed by atoms with Gasteiger partial charge in [-0.1, -0.05) is 13.0 Å². The van der Waals surface area contributed by atoms with Crippen molar-refractivity contribution >= 4 is 5.97 Å². The van der Waals surface area contributed by atoms with Crippen LogP contribution in [0.1, 0.15) is 24.5 Å². The van der Waals surface area contributed by atoms with Gasteiger partial charge in [0, 0.05) is 12.0 Å². The van der Waals surface area contributed by atoms with E-state index in [9.17, 15) is 9.90 Å². The van der Waals surface area contributed by atoms with Crippen molar-refractivity contribution < 1.29 is 14.6 Å². The monoisotopic (exact) mass is 221 g/mol. The second-order valence-corrected chi connectivity index (χ2v) is 4.06. The van der Waals surface area contributed by atoms with Crippen molar-refractivity contribution in [3.63, 3.8) is 0 Å². The van der Waals surface area contributed by atoms with Crippen molar-refractivity contribution in [2.45, 2.75) is 25.3 Å². The lowest BCUT2D eigenvalue weighted by molar-refractivity contribution is -0.144. The molecule has 1 aromatic carbocycles. The van der Waals surface area contributed by atoms with Crippen molar-refractivity contribution in [1.82, 2.24) is 0 Å². The maximum absolute atomic E-state index is 11.3. The fourth-order valence-electron chi connectivity index (χ4n) is 1.95. The van der Waals surface area contributed by atoms with Crippen LogP contribution in [0.2, 0.25) is 0 Å². The van der Waals surface area contributed by atoms with E-state index in [0.717, 1.165) is 12.0 Å². The first-order valence-corrected chi connectivity index (χ1v) is 5.36. The molecule has 1 atom stereocenters. The fourth-order valence-corrected chi connectivity index (χ4v) is 1.95. The summed E-state index contributed by atoms with van der Waals surface area (Å²) in [6.45, 7) is 2.37. The minimum atomic E-state index is -1.31. The van der Waals surface area contributed by atoms with E-state index in [2.05, 4.69) is 0 Å². The Kier molecular flexibility index (Phi) is 2.59. The summed E-state index contributed by atoms with van der Waals surface area (Å²) in [6.07, 6.45) is 1.16. The summed E-state index contributed by atoms with van der Waals surface area (Å²) < 4.78 is 5.43. The van der Waals surface area contributed by atoms with Gasteiger partial charge in [-0.05, 0) is 24.1 Å². The molecule has 1 aliphatic heterocycles. The number of carbonyl (C=O) groups is 1. The molecule has 1 heterocycles. The van der Waals surface area contributed by atoms with Crippen molar-refractivity contribution in [2.24, 2.45) is 5.73 Å². The number of carboxylic acids is 1. The van der Waals surface area contributed by atoms with Gasteiger partial charge in [0.05, 0.1) is 6.61 Å². The maximum atomic E-state index is 11.3. The lowest BCUT2D eigenvalue weighted by Crippen LogP contribution is -2.48. The van der Waals surface area contributed by atoms with Crippen LogP contribution < -0.4 is 10.5 Å². The summed E-state index contributed by atoms with van der Waals surface area (Å²) in [5.74, 6) is -0.404. The number of benzene rings is 1. The van der Waals surface area contributed by atoms with Crippen LogP contribution in [-0.4, -0.2) is 17.7 Å². The summed E-state index contributed by atoms with van der Waals surface area (Å²) >= 11 is 0. The van der Waals surface area contributed by atoms with Crippen LogP contribution in [0.15, 0.2) is 18.2 Å². The summed E-state index contributed by atoms with van der Waals surface area (Å²) in [6, 6.07) is 5.58. The largest absolute Gasteiger partial charge is 0.493 e. The molecule has 4 heteroatoms. The average Bonchev–Trinajstić information content (AvgIpc) is 2.29. The molecule has 1 aromatic rings. The molecule has 0 amide bonds. The van der Waals surface area contributed by atoms with E-state index in [1.165, 1.54) is 0 Å². The smallest absolute Gasteiger partial charge is 0.328 e. The van der Waals surface area contributed by atoms with Crippen LogP contribution in [0.5, 0.6) is 5.75 Å². The second kappa shape index (κ2) is 3.79. The van der Waals surface area contributed by atoms with E-state index in [0.29, 0.717) is 24.3 Å². The molecule has 2 rings (SSSR count). The first kappa shape index (κ1) is 11.0. The Morgan fingerprint density at radius 3 is 3.00 bits per heavy atom. The number of rotatable bonds is 2. The van der Waals surface area contributed by atoms with E-state index in [1.54, 1.807) is 6.07 Å². The Hall–Kier alpha value is -1.55. The van der Waals surface area contributed by atoms with E-state index in [-0.39, 0.29) is 0 Å². The first-order chi connectivity index (χ1) is 7.58. The molecule has 0 aliphatic carbocycles. The molecule has 86 valence electrons. The van der Waals surface area contributed by atoms with Gasteiger partial charge >= 0.3 is 5.97 Å². The van der Waals surface area contributed by atoms with Gasteiger partial charge in [-0.2, -0.15) is 0 Å². The number of fused-ring (bicyclic) bond motifs is 1. The van der Waals surface area contributed by atoms with Gasteiger partial charge in [0.25, 0.3) is 0 Å². The highest BCUT2D eigenvalue weighted by molar-refractivity contribution is 5.82. The normalized spacial score (nSPS) is 23.4. The zero-order valence-electron chi connectivity index (χ0n) is 9.19. The van der Waals surface area contributed by atoms with Crippen LogP contribution in [-0.2, 0) is 16.8 Å². The zero-order chi connectivity index (χ0) is 11.8. The standard InChI is InChI=1S/C12H15NO3/c1-2-8-3-4-10-9(7-8)12(13,11(14)15)5-6-16-10/h3-4,7H,2,5-6,13H2,1H3,(H,14,15). The van der Waals surface area contributed by atoms with Gasteiger partial charge in [-0.25, -0.2) is 4.79 Å². The number of hydrogen-bond acceptors (Lipinski definition) is 3. The van der Waals surface area contributed by atoms with E-state index in [4.69, 9.17) is 10.5 Å². The van der Waals surface area contributed by atoms with E-state index >= 15 is 0 Å². The van der Waals surface area contributed by atoms with Crippen molar-refractivity contribution in [3.8, 4) is 5.75 Å². The lowest BCUT2D eigenvalue weighted by Gasteiger charge is -2.32. The van der Waals surface area contributed by atoms with E-state index < -0.39 is 11.5 Å². The molecule has 1 aliphatic rings. The summed E-state index contributed by atoms with van der Waals surface area (Å²) in [7, 11) is 0. The summed E-state index contributed by atoms with van der Waals surface area (Å²) in [4.78, 5) is 11.3. The third kappa shape index (κ3) is 1.55. The Morgan fingerprint density at radius 2 is 2.38 bits per heavy atom. The number of carboxylic acid groups (broad SMARTS) is 1. The number of ether oxygens (including phenoxy) is 1. The molecule has 1 unspecified atom stereocenters. The van der Waals surface area contributed by atoms with Gasteiger partial charge < -0.3 is 15.6 Å². The Labute approximate surface area is 94.0 Å². The SMILES string of the molecule is CCc1ccc2c(c1)C(N)(C(=O)O)CCO2. The first-order valence-electron chi connectivity index (χ1n) is 5.36. The number of aliphatic carboxylic acids is 1. The Balaban J connectivity index is 2.55. The highest BCUT2D eigenvalue weighted by Crippen LogP contribution is 2.36. The van der Waals surface area contributed by atoms with Crippen LogP contribution in [0.3, 0.4) is 0 Å². The third-order valence-corrected chi connectivity index (χ3v) is 3.07. The molecule has 0 spiro atoms. The minimum absolute atomic E-state index is 0.308. The maximum Gasteiger partial charge on any atom is 0.328 e. The highest BCUT2D eigenvalue weighted by atomic mass is 16.5. The van der Waals surface area contributed by atoms with Crippen molar-refractivity contribution in [1.29, 1.82) is 0 Å². The van der Waals surface area contributed by atoms with Gasteiger partial charge in [-0.15, -0.1) is 0 Å². The molecule has 4 nitrogen and oxygen atoms in total. The fraction of sp³-hybridized carbons (Fsp3) is 0.417. The number of nitrogens with two attached hydrogens (primary N) is 1. The molecular weight excluding hydrogens is 206 g/mol. The molecule has 0 saturated heterocycles. The molecule has 0 radical (unpaired) electrons. The van der Waals surface area contributed by atoms with Crippen LogP contribution in [0, 0.1) is 0 Å². The van der Waals surface area contributed by atoms with E-state index in [1.807, 2.05) is 19.1 Å². The average molecular weight is 221 g/mol.